The standard InChI is InChI=1S/C24H29N3O/c28-23-21-9-4-5-10-22(21)27(24(25-23)13-6-14-24)18-17-26-15-11-20(12-16-26)19-7-2-1-3-8-19/h1-5,7-10,20H,6,11-18H2,(H,25,28). The van der Waals surface area contributed by atoms with Crippen LogP contribution in [0.1, 0.15) is 53.9 Å². The maximum atomic E-state index is 12.6. The summed E-state index contributed by atoms with van der Waals surface area (Å²) in [5, 5.41) is 3.32. The van der Waals surface area contributed by atoms with Gasteiger partial charge >= 0.3 is 0 Å². The molecule has 5 rings (SSSR count). The number of hydrogen-bond acceptors (Lipinski definition) is 3. The Morgan fingerprint density at radius 2 is 1.64 bits per heavy atom. The molecule has 1 amide bonds. The molecule has 4 nitrogen and oxygen atoms in total. The summed E-state index contributed by atoms with van der Waals surface area (Å²) in [5.41, 5.74) is 3.28. The highest BCUT2D eigenvalue weighted by Crippen LogP contribution is 2.42. The zero-order valence-electron chi connectivity index (χ0n) is 16.4. The van der Waals surface area contributed by atoms with E-state index < -0.39 is 0 Å². The number of anilines is 1. The molecule has 4 heteroatoms. The van der Waals surface area contributed by atoms with E-state index in [4.69, 9.17) is 0 Å². The van der Waals surface area contributed by atoms with Crippen LogP contribution in [0.2, 0.25) is 0 Å². The minimum absolute atomic E-state index is 0.0928. The van der Waals surface area contributed by atoms with E-state index in [1.807, 2.05) is 12.1 Å². The van der Waals surface area contributed by atoms with Crippen LogP contribution in [-0.4, -0.2) is 42.6 Å². The Hall–Kier alpha value is -2.33. The molecular weight excluding hydrogens is 346 g/mol. The summed E-state index contributed by atoms with van der Waals surface area (Å²) in [6, 6.07) is 19.0. The molecule has 0 bridgehead atoms. The Bertz CT molecular complexity index is 838. The molecule has 0 unspecified atom stereocenters. The van der Waals surface area contributed by atoms with Crippen LogP contribution in [-0.2, 0) is 0 Å². The fourth-order valence-electron chi connectivity index (χ4n) is 5.18. The SMILES string of the molecule is O=C1NC2(CCC2)N(CCN2CCC(c3ccccc3)CC2)c2ccccc21. The smallest absolute Gasteiger partial charge is 0.255 e. The van der Waals surface area contributed by atoms with Gasteiger partial charge in [-0.3, -0.25) is 4.79 Å². The zero-order chi connectivity index (χ0) is 19.0. The van der Waals surface area contributed by atoms with Gasteiger partial charge in [0, 0.05) is 13.1 Å². The first-order chi connectivity index (χ1) is 13.8. The van der Waals surface area contributed by atoms with Gasteiger partial charge in [-0.05, 0) is 68.8 Å². The third kappa shape index (κ3) is 3.10. The Morgan fingerprint density at radius 1 is 0.929 bits per heavy atom. The molecule has 1 saturated heterocycles. The lowest BCUT2D eigenvalue weighted by Gasteiger charge is -2.55. The van der Waals surface area contributed by atoms with Gasteiger partial charge < -0.3 is 15.1 Å². The molecule has 2 fully saturated rings. The highest BCUT2D eigenvalue weighted by Gasteiger charge is 2.47. The summed E-state index contributed by atoms with van der Waals surface area (Å²) in [4.78, 5) is 17.7. The minimum atomic E-state index is -0.145. The Labute approximate surface area is 167 Å². The number of nitrogens with one attached hydrogen (secondary N) is 1. The van der Waals surface area contributed by atoms with Gasteiger partial charge in [0.05, 0.1) is 11.3 Å². The van der Waals surface area contributed by atoms with E-state index >= 15 is 0 Å². The Kier molecular flexibility index (Phi) is 4.59. The van der Waals surface area contributed by atoms with E-state index in [9.17, 15) is 4.79 Å². The van der Waals surface area contributed by atoms with Crippen molar-refractivity contribution >= 4 is 11.6 Å². The van der Waals surface area contributed by atoms with Crippen molar-refractivity contribution in [2.45, 2.75) is 43.7 Å². The molecule has 2 aromatic rings. The Morgan fingerprint density at radius 3 is 2.36 bits per heavy atom. The monoisotopic (exact) mass is 375 g/mol. The van der Waals surface area contributed by atoms with Crippen LogP contribution in [0.15, 0.2) is 54.6 Å². The van der Waals surface area contributed by atoms with Gasteiger partial charge in [0.1, 0.15) is 5.66 Å². The van der Waals surface area contributed by atoms with Crippen molar-refractivity contribution in [1.82, 2.24) is 10.2 Å². The topological polar surface area (TPSA) is 35.6 Å². The highest BCUT2D eigenvalue weighted by atomic mass is 16.2. The summed E-state index contributed by atoms with van der Waals surface area (Å²) >= 11 is 0. The third-order valence-electron chi connectivity index (χ3n) is 6.98. The van der Waals surface area contributed by atoms with Gasteiger partial charge in [0.15, 0.2) is 0 Å². The van der Waals surface area contributed by atoms with Crippen molar-refractivity contribution in [3.05, 3.63) is 65.7 Å². The van der Waals surface area contributed by atoms with Crippen molar-refractivity contribution in [3.8, 4) is 0 Å². The van der Waals surface area contributed by atoms with E-state index in [2.05, 4.69) is 57.6 Å². The van der Waals surface area contributed by atoms with Crippen LogP contribution in [0, 0.1) is 0 Å². The first kappa shape index (κ1) is 17.7. The predicted molar refractivity (Wildman–Crippen MR) is 113 cm³/mol. The van der Waals surface area contributed by atoms with E-state index in [1.54, 1.807) is 0 Å². The molecule has 1 saturated carbocycles. The molecule has 1 N–H and O–H groups in total. The average molecular weight is 376 g/mol. The summed E-state index contributed by atoms with van der Waals surface area (Å²) in [6.07, 6.45) is 5.79. The van der Waals surface area contributed by atoms with Crippen molar-refractivity contribution < 1.29 is 4.79 Å². The molecular formula is C24H29N3O. The van der Waals surface area contributed by atoms with Crippen molar-refractivity contribution in [2.75, 3.05) is 31.1 Å². The molecule has 2 aliphatic heterocycles. The quantitative estimate of drug-likeness (QED) is 0.877. The van der Waals surface area contributed by atoms with Crippen LogP contribution in [0.4, 0.5) is 5.69 Å². The number of carbonyl (C=O) groups excluding carboxylic acids is 1. The molecule has 146 valence electrons. The fourth-order valence-corrected chi connectivity index (χ4v) is 5.18. The predicted octanol–water partition coefficient (Wildman–Crippen LogP) is 4.00. The van der Waals surface area contributed by atoms with Crippen molar-refractivity contribution in [1.29, 1.82) is 0 Å². The third-order valence-corrected chi connectivity index (χ3v) is 6.98. The lowest BCUT2D eigenvalue weighted by atomic mass is 9.80. The maximum absolute atomic E-state index is 12.6. The second-order valence-corrected chi connectivity index (χ2v) is 8.53. The summed E-state index contributed by atoms with van der Waals surface area (Å²) in [6.45, 7) is 4.36. The van der Waals surface area contributed by atoms with Gasteiger partial charge in [-0.25, -0.2) is 0 Å². The number of benzene rings is 2. The molecule has 28 heavy (non-hydrogen) atoms. The molecule has 2 heterocycles. The second kappa shape index (κ2) is 7.25. The molecule has 0 radical (unpaired) electrons. The minimum Gasteiger partial charge on any atom is -0.347 e. The Balaban J connectivity index is 1.25. The number of hydrogen-bond donors (Lipinski definition) is 1. The number of fused-ring (bicyclic) bond motifs is 1. The van der Waals surface area contributed by atoms with Crippen LogP contribution in [0.3, 0.4) is 0 Å². The zero-order valence-corrected chi connectivity index (χ0v) is 16.4. The number of likely N-dealkylation sites (tertiary alicyclic amines) is 1. The van der Waals surface area contributed by atoms with E-state index in [0.717, 1.165) is 50.3 Å². The number of nitrogens with zero attached hydrogens (tertiary/aromatic N) is 2. The first-order valence-corrected chi connectivity index (χ1v) is 10.7. The van der Waals surface area contributed by atoms with Crippen LogP contribution in [0.5, 0.6) is 0 Å². The molecule has 0 atom stereocenters. The second-order valence-electron chi connectivity index (χ2n) is 8.53. The van der Waals surface area contributed by atoms with Gasteiger partial charge in [0.2, 0.25) is 0 Å². The lowest BCUT2D eigenvalue weighted by molar-refractivity contribution is 0.0785. The lowest BCUT2D eigenvalue weighted by Crippen LogP contribution is -2.68. The summed E-state index contributed by atoms with van der Waals surface area (Å²) in [5.74, 6) is 0.792. The van der Waals surface area contributed by atoms with Gasteiger partial charge in [-0.1, -0.05) is 42.5 Å². The average Bonchev–Trinajstić information content (AvgIpc) is 2.73. The van der Waals surface area contributed by atoms with Crippen LogP contribution in [0.25, 0.3) is 0 Å². The molecule has 1 aliphatic carbocycles. The largest absolute Gasteiger partial charge is 0.347 e. The number of amides is 1. The van der Waals surface area contributed by atoms with E-state index in [-0.39, 0.29) is 11.6 Å². The number of carbonyl (C=O) groups is 1. The van der Waals surface area contributed by atoms with Crippen molar-refractivity contribution in [3.63, 3.8) is 0 Å². The first-order valence-electron chi connectivity index (χ1n) is 10.7. The molecule has 1 spiro atoms. The highest BCUT2D eigenvalue weighted by molar-refractivity contribution is 6.02. The maximum Gasteiger partial charge on any atom is 0.255 e. The van der Waals surface area contributed by atoms with Crippen LogP contribution < -0.4 is 10.2 Å². The normalized spacial score (nSPS) is 21.9. The van der Waals surface area contributed by atoms with Gasteiger partial charge in [-0.15, -0.1) is 0 Å². The number of piperidine rings is 1. The summed E-state index contributed by atoms with van der Waals surface area (Å²) in [7, 11) is 0. The van der Waals surface area contributed by atoms with E-state index in [0.29, 0.717) is 5.92 Å². The molecule has 2 aromatic carbocycles. The van der Waals surface area contributed by atoms with Gasteiger partial charge in [-0.2, -0.15) is 0 Å². The van der Waals surface area contributed by atoms with Crippen LogP contribution >= 0.6 is 0 Å². The van der Waals surface area contributed by atoms with E-state index in [1.165, 1.54) is 24.8 Å². The molecule has 0 aromatic heterocycles. The molecule has 3 aliphatic rings. The number of rotatable bonds is 4. The van der Waals surface area contributed by atoms with Crippen molar-refractivity contribution in [2.24, 2.45) is 0 Å². The fraction of sp³-hybridized carbons (Fsp3) is 0.458. The number of para-hydroxylation sites is 1. The van der Waals surface area contributed by atoms with Gasteiger partial charge in [0.25, 0.3) is 5.91 Å². The summed E-state index contributed by atoms with van der Waals surface area (Å²) < 4.78 is 0.